The molecule has 2 rings (SSSR count). The molecule has 7 heteroatoms. The van der Waals surface area contributed by atoms with Crippen molar-refractivity contribution in [2.75, 3.05) is 5.73 Å². The van der Waals surface area contributed by atoms with Crippen LogP contribution in [0.25, 0.3) is 0 Å². The van der Waals surface area contributed by atoms with Gasteiger partial charge in [-0.05, 0) is 13.3 Å². The van der Waals surface area contributed by atoms with Crippen molar-refractivity contribution in [1.29, 1.82) is 0 Å². The van der Waals surface area contributed by atoms with E-state index in [0.29, 0.717) is 5.13 Å². The third-order valence-electron chi connectivity index (χ3n) is 2.23. The molecule has 0 atom stereocenters. The second kappa shape index (κ2) is 5.50. The van der Waals surface area contributed by atoms with Crippen LogP contribution in [0.1, 0.15) is 24.9 Å². The summed E-state index contributed by atoms with van der Waals surface area (Å²) in [6.07, 6.45) is 2.67. The Morgan fingerprint density at radius 2 is 2.35 bits per heavy atom. The molecule has 0 spiro atoms. The van der Waals surface area contributed by atoms with Crippen molar-refractivity contribution in [2.45, 2.75) is 36.8 Å². The van der Waals surface area contributed by atoms with Crippen molar-refractivity contribution in [1.82, 2.24) is 19.7 Å². The van der Waals surface area contributed by atoms with E-state index in [1.807, 2.05) is 11.6 Å². The molecule has 0 unspecified atom stereocenters. The SMILES string of the molecule is CCCn1ncnc1CSc1sc(N)nc1C. The maximum Gasteiger partial charge on any atom is 0.181 e. The first-order chi connectivity index (χ1) is 8.20. The molecule has 0 fully saturated rings. The van der Waals surface area contributed by atoms with Crippen LogP contribution in [0.3, 0.4) is 0 Å². The highest BCUT2D eigenvalue weighted by atomic mass is 32.2. The molecule has 0 saturated heterocycles. The third-order valence-corrected chi connectivity index (χ3v) is 4.58. The van der Waals surface area contributed by atoms with Gasteiger partial charge in [-0.25, -0.2) is 14.6 Å². The minimum atomic E-state index is 0.625. The molecule has 0 bridgehead atoms. The van der Waals surface area contributed by atoms with Crippen LogP contribution in [0.5, 0.6) is 0 Å². The molecule has 2 aromatic rings. The van der Waals surface area contributed by atoms with Crippen LogP contribution in [0.4, 0.5) is 5.13 Å². The molecule has 2 N–H and O–H groups in total. The van der Waals surface area contributed by atoms with Crippen LogP contribution in [-0.2, 0) is 12.3 Å². The summed E-state index contributed by atoms with van der Waals surface area (Å²) in [7, 11) is 0. The highest BCUT2D eigenvalue weighted by molar-refractivity contribution is 8.00. The van der Waals surface area contributed by atoms with Gasteiger partial charge >= 0.3 is 0 Å². The number of hydrogen-bond acceptors (Lipinski definition) is 6. The summed E-state index contributed by atoms with van der Waals surface area (Å²) < 4.78 is 3.11. The van der Waals surface area contributed by atoms with Gasteiger partial charge in [0.2, 0.25) is 0 Å². The number of nitrogens with two attached hydrogens (primary N) is 1. The standard InChI is InChI=1S/C10H15N5S2/c1-3-4-15-8(12-6-13-15)5-16-9-7(2)14-10(11)17-9/h6H,3-5H2,1-2H3,(H2,11,14). The molecule has 92 valence electrons. The van der Waals surface area contributed by atoms with E-state index in [0.717, 1.165) is 34.4 Å². The molecule has 0 aliphatic heterocycles. The van der Waals surface area contributed by atoms with Crippen molar-refractivity contribution in [3.63, 3.8) is 0 Å². The summed E-state index contributed by atoms with van der Waals surface area (Å²) in [6, 6.07) is 0. The van der Waals surface area contributed by atoms with Gasteiger partial charge in [0.1, 0.15) is 12.2 Å². The van der Waals surface area contributed by atoms with E-state index in [9.17, 15) is 0 Å². The molecule has 0 aliphatic carbocycles. The van der Waals surface area contributed by atoms with Crippen LogP contribution < -0.4 is 5.73 Å². The normalized spacial score (nSPS) is 10.9. The fourth-order valence-electron chi connectivity index (χ4n) is 1.47. The average Bonchev–Trinajstić information content (AvgIpc) is 2.83. The first-order valence-electron chi connectivity index (χ1n) is 5.43. The van der Waals surface area contributed by atoms with E-state index in [-0.39, 0.29) is 0 Å². The van der Waals surface area contributed by atoms with Crippen molar-refractivity contribution in [3.05, 3.63) is 17.8 Å². The van der Waals surface area contributed by atoms with E-state index in [2.05, 4.69) is 22.0 Å². The van der Waals surface area contributed by atoms with Gasteiger partial charge in [0.05, 0.1) is 15.7 Å². The van der Waals surface area contributed by atoms with Gasteiger partial charge in [-0.15, -0.1) is 11.8 Å². The van der Waals surface area contributed by atoms with Crippen LogP contribution in [-0.4, -0.2) is 19.7 Å². The first-order valence-corrected chi connectivity index (χ1v) is 7.23. The van der Waals surface area contributed by atoms with Crippen molar-refractivity contribution >= 4 is 28.2 Å². The summed E-state index contributed by atoms with van der Waals surface area (Å²) in [5.41, 5.74) is 6.67. The average molecular weight is 269 g/mol. The second-order valence-electron chi connectivity index (χ2n) is 3.61. The molecule has 0 aliphatic rings. The number of anilines is 1. The van der Waals surface area contributed by atoms with Gasteiger partial charge in [0.25, 0.3) is 0 Å². The fourth-order valence-corrected chi connectivity index (χ4v) is 3.44. The maximum atomic E-state index is 5.67. The molecular formula is C10H15N5S2. The molecular weight excluding hydrogens is 254 g/mol. The minimum Gasteiger partial charge on any atom is -0.375 e. The Labute approximate surface area is 108 Å². The van der Waals surface area contributed by atoms with E-state index in [4.69, 9.17) is 5.73 Å². The molecule has 0 aromatic carbocycles. The number of thiazole rings is 1. The van der Waals surface area contributed by atoms with Crippen LogP contribution in [0.15, 0.2) is 10.5 Å². The second-order valence-corrected chi connectivity index (χ2v) is 5.89. The molecule has 0 amide bonds. The van der Waals surface area contributed by atoms with Gasteiger partial charge in [0.15, 0.2) is 5.13 Å². The maximum absolute atomic E-state index is 5.67. The van der Waals surface area contributed by atoms with Crippen molar-refractivity contribution in [2.24, 2.45) is 0 Å². The Morgan fingerprint density at radius 3 is 3.00 bits per heavy atom. The Balaban J connectivity index is 2.02. The molecule has 0 saturated carbocycles. The fraction of sp³-hybridized carbons (Fsp3) is 0.500. The van der Waals surface area contributed by atoms with E-state index < -0.39 is 0 Å². The predicted octanol–water partition coefficient (Wildman–Crippen LogP) is 2.33. The Kier molecular flexibility index (Phi) is 4.01. The summed E-state index contributed by atoms with van der Waals surface area (Å²) >= 11 is 3.25. The Bertz CT molecular complexity index is 491. The lowest BCUT2D eigenvalue weighted by molar-refractivity contribution is 0.581. The van der Waals surface area contributed by atoms with Crippen LogP contribution in [0, 0.1) is 6.92 Å². The Morgan fingerprint density at radius 1 is 1.53 bits per heavy atom. The van der Waals surface area contributed by atoms with Gasteiger partial charge in [0, 0.05) is 6.54 Å². The zero-order chi connectivity index (χ0) is 12.3. The lowest BCUT2D eigenvalue weighted by Gasteiger charge is -2.03. The first kappa shape index (κ1) is 12.4. The van der Waals surface area contributed by atoms with Gasteiger partial charge in [-0.3, -0.25) is 0 Å². The summed E-state index contributed by atoms with van der Waals surface area (Å²) in [4.78, 5) is 8.47. The van der Waals surface area contributed by atoms with E-state index >= 15 is 0 Å². The van der Waals surface area contributed by atoms with E-state index in [1.165, 1.54) is 11.3 Å². The monoisotopic (exact) mass is 269 g/mol. The van der Waals surface area contributed by atoms with Crippen LogP contribution >= 0.6 is 23.1 Å². The summed E-state index contributed by atoms with van der Waals surface area (Å²) in [6.45, 7) is 5.03. The molecule has 2 aromatic heterocycles. The largest absolute Gasteiger partial charge is 0.375 e. The van der Waals surface area contributed by atoms with Crippen molar-refractivity contribution < 1.29 is 0 Å². The quantitative estimate of drug-likeness (QED) is 0.844. The van der Waals surface area contributed by atoms with E-state index in [1.54, 1.807) is 18.1 Å². The highest BCUT2D eigenvalue weighted by Crippen LogP contribution is 2.32. The van der Waals surface area contributed by atoms with Crippen LogP contribution in [0.2, 0.25) is 0 Å². The number of rotatable bonds is 5. The number of thioether (sulfide) groups is 1. The molecule has 17 heavy (non-hydrogen) atoms. The number of nitrogens with zero attached hydrogens (tertiary/aromatic N) is 4. The highest BCUT2D eigenvalue weighted by Gasteiger charge is 2.09. The topological polar surface area (TPSA) is 69.6 Å². The van der Waals surface area contributed by atoms with Gasteiger partial charge in [-0.1, -0.05) is 18.3 Å². The summed E-state index contributed by atoms with van der Waals surface area (Å²) in [5.74, 6) is 1.81. The number of hydrogen-bond donors (Lipinski definition) is 1. The number of nitrogen functional groups attached to an aromatic ring is 1. The molecule has 0 radical (unpaired) electrons. The third kappa shape index (κ3) is 2.98. The molecule has 2 heterocycles. The zero-order valence-corrected chi connectivity index (χ0v) is 11.5. The molecule has 5 nitrogen and oxygen atoms in total. The zero-order valence-electron chi connectivity index (χ0n) is 9.88. The smallest absolute Gasteiger partial charge is 0.181 e. The summed E-state index contributed by atoms with van der Waals surface area (Å²) in [5, 5.41) is 4.83. The van der Waals surface area contributed by atoms with Crippen molar-refractivity contribution in [3.8, 4) is 0 Å². The Hall–Kier alpha value is -1.08. The number of aromatic nitrogens is 4. The van der Waals surface area contributed by atoms with Gasteiger partial charge in [-0.2, -0.15) is 5.10 Å². The predicted molar refractivity (Wildman–Crippen MR) is 71.1 cm³/mol. The lowest BCUT2D eigenvalue weighted by atomic mass is 10.5. The van der Waals surface area contributed by atoms with Gasteiger partial charge < -0.3 is 5.73 Å². The lowest BCUT2D eigenvalue weighted by Crippen LogP contribution is -2.03. The number of aryl methyl sites for hydroxylation is 2. The minimum absolute atomic E-state index is 0.625.